The van der Waals surface area contributed by atoms with E-state index in [1.54, 1.807) is 0 Å². The van der Waals surface area contributed by atoms with Gasteiger partial charge in [-0.2, -0.15) is 5.10 Å². The second kappa shape index (κ2) is 9.39. The van der Waals surface area contributed by atoms with E-state index in [0.717, 1.165) is 57.1 Å². The van der Waals surface area contributed by atoms with Gasteiger partial charge in [0.05, 0.1) is 12.8 Å². The van der Waals surface area contributed by atoms with Crippen LogP contribution < -0.4 is 4.74 Å². The Labute approximate surface area is 157 Å². The van der Waals surface area contributed by atoms with Gasteiger partial charge >= 0.3 is 0 Å². The monoisotopic (exact) mass is 351 g/mol. The van der Waals surface area contributed by atoms with Gasteiger partial charge in [0, 0.05) is 32.7 Å². The number of hydrogen-bond acceptors (Lipinski definition) is 4. The van der Waals surface area contributed by atoms with Gasteiger partial charge in [-0.05, 0) is 48.7 Å². The fraction of sp³-hybridized carbons (Fsp3) is 0.409. The molecule has 3 rings (SSSR count). The molecular formula is C22H29N3O. The highest BCUT2D eigenvalue weighted by Crippen LogP contribution is 2.12. The Morgan fingerprint density at radius 1 is 0.962 bits per heavy atom. The summed E-state index contributed by atoms with van der Waals surface area (Å²) in [6.07, 6.45) is 2.97. The van der Waals surface area contributed by atoms with Crippen LogP contribution in [-0.2, 0) is 6.54 Å². The van der Waals surface area contributed by atoms with Crippen molar-refractivity contribution >= 4 is 6.21 Å². The van der Waals surface area contributed by atoms with E-state index in [1.165, 1.54) is 11.1 Å². The summed E-state index contributed by atoms with van der Waals surface area (Å²) >= 11 is 0. The van der Waals surface area contributed by atoms with Crippen LogP contribution in [0.5, 0.6) is 5.75 Å². The van der Waals surface area contributed by atoms with Crippen molar-refractivity contribution in [2.45, 2.75) is 26.8 Å². The topological polar surface area (TPSA) is 28.1 Å². The summed E-state index contributed by atoms with van der Waals surface area (Å²) in [5.41, 5.74) is 3.81. The van der Waals surface area contributed by atoms with Gasteiger partial charge in [-0.25, -0.2) is 0 Å². The highest BCUT2D eigenvalue weighted by molar-refractivity contribution is 5.79. The molecule has 0 bridgehead atoms. The molecule has 0 amide bonds. The minimum atomic E-state index is 0.764. The number of aryl methyl sites for hydroxylation is 1. The van der Waals surface area contributed by atoms with Crippen LogP contribution in [0.25, 0.3) is 0 Å². The van der Waals surface area contributed by atoms with E-state index in [9.17, 15) is 0 Å². The predicted molar refractivity (Wildman–Crippen MR) is 108 cm³/mol. The van der Waals surface area contributed by atoms with Crippen LogP contribution in [0.3, 0.4) is 0 Å². The van der Waals surface area contributed by atoms with Crippen LogP contribution in [0.15, 0.2) is 53.6 Å². The number of nitrogens with zero attached hydrogens (tertiary/aromatic N) is 3. The molecule has 0 unspecified atom stereocenters. The van der Waals surface area contributed by atoms with Crippen molar-refractivity contribution in [3.8, 4) is 5.75 Å². The van der Waals surface area contributed by atoms with Gasteiger partial charge in [0.15, 0.2) is 0 Å². The third-order valence-corrected chi connectivity index (χ3v) is 4.60. The summed E-state index contributed by atoms with van der Waals surface area (Å²) in [7, 11) is 0. The first-order valence-electron chi connectivity index (χ1n) is 9.52. The number of benzene rings is 2. The second-order valence-electron chi connectivity index (χ2n) is 6.88. The van der Waals surface area contributed by atoms with Gasteiger partial charge in [-0.1, -0.05) is 36.8 Å². The summed E-state index contributed by atoms with van der Waals surface area (Å²) in [5, 5.41) is 6.80. The fourth-order valence-electron chi connectivity index (χ4n) is 2.98. The van der Waals surface area contributed by atoms with E-state index < -0.39 is 0 Å². The summed E-state index contributed by atoms with van der Waals surface area (Å²) in [5.74, 6) is 0.925. The number of piperazine rings is 1. The molecule has 4 heteroatoms. The standard InChI is InChI=1S/C22H29N3O/c1-3-16-26-22-10-8-20(9-11-22)17-23-25-14-12-24(13-15-25)18-21-6-4-19(2)5-7-21/h4-11,17H,3,12-16,18H2,1-2H3/b23-17-. The third-order valence-electron chi connectivity index (χ3n) is 4.60. The zero-order chi connectivity index (χ0) is 18.2. The summed E-state index contributed by atoms with van der Waals surface area (Å²) in [4.78, 5) is 2.50. The molecule has 0 radical (unpaired) electrons. The molecule has 0 aliphatic carbocycles. The summed E-state index contributed by atoms with van der Waals surface area (Å²) in [6.45, 7) is 10.1. The number of rotatable bonds is 7. The van der Waals surface area contributed by atoms with Crippen LogP contribution >= 0.6 is 0 Å². The fourth-order valence-corrected chi connectivity index (χ4v) is 2.98. The van der Waals surface area contributed by atoms with Crippen molar-refractivity contribution in [3.05, 3.63) is 65.2 Å². The Kier molecular flexibility index (Phi) is 6.67. The molecule has 1 heterocycles. The highest BCUT2D eigenvalue weighted by Gasteiger charge is 2.15. The van der Waals surface area contributed by atoms with E-state index in [0.29, 0.717) is 0 Å². The quantitative estimate of drug-likeness (QED) is 0.708. The Bertz CT molecular complexity index is 686. The molecule has 2 aromatic rings. The lowest BCUT2D eigenvalue weighted by Gasteiger charge is -2.33. The molecule has 0 aromatic heterocycles. The van der Waals surface area contributed by atoms with Crippen molar-refractivity contribution in [1.82, 2.24) is 9.91 Å². The lowest BCUT2D eigenvalue weighted by Crippen LogP contribution is -2.43. The molecule has 26 heavy (non-hydrogen) atoms. The van der Waals surface area contributed by atoms with Gasteiger partial charge in [0.1, 0.15) is 5.75 Å². The largest absolute Gasteiger partial charge is 0.494 e. The first kappa shape index (κ1) is 18.5. The first-order valence-corrected chi connectivity index (χ1v) is 9.52. The van der Waals surface area contributed by atoms with E-state index >= 15 is 0 Å². The molecule has 1 saturated heterocycles. The maximum absolute atomic E-state index is 5.61. The minimum Gasteiger partial charge on any atom is -0.494 e. The lowest BCUT2D eigenvalue weighted by atomic mass is 10.1. The van der Waals surface area contributed by atoms with Gasteiger partial charge in [0.2, 0.25) is 0 Å². The Hall–Kier alpha value is -2.33. The van der Waals surface area contributed by atoms with Crippen LogP contribution in [0.4, 0.5) is 0 Å². The molecule has 1 aliphatic rings. The first-order chi connectivity index (χ1) is 12.7. The van der Waals surface area contributed by atoms with E-state index in [1.807, 2.05) is 18.3 Å². The molecule has 2 aromatic carbocycles. The highest BCUT2D eigenvalue weighted by atomic mass is 16.5. The molecule has 1 aliphatic heterocycles. The average molecular weight is 351 g/mol. The maximum atomic E-state index is 5.61. The van der Waals surface area contributed by atoms with E-state index in [2.05, 4.69) is 65.3 Å². The molecular weight excluding hydrogens is 322 g/mol. The lowest BCUT2D eigenvalue weighted by molar-refractivity contribution is 0.131. The van der Waals surface area contributed by atoms with Crippen molar-refractivity contribution in [2.24, 2.45) is 5.10 Å². The summed E-state index contributed by atoms with van der Waals surface area (Å²) < 4.78 is 5.61. The molecule has 138 valence electrons. The number of hydrogen-bond donors (Lipinski definition) is 0. The normalized spacial score (nSPS) is 15.5. The molecule has 0 N–H and O–H groups in total. The molecule has 4 nitrogen and oxygen atoms in total. The van der Waals surface area contributed by atoms with E-state index in [-0.39, 0.29) is 0 Å². The Morgan fingerprint density at radius 2 is 1.65 bits per heavy atom. The van der Waals surface area contributed by atoms with Crippen molar-refractivity contribution in [2.75, 3.05) is 32.8 Å². The molecule has 0 atom stereocenters. The summed E-state index contributed by atoms with van der Waals surface area (Å²) in [6, 6.07) is 17.0. The molecule has 1 fully saturated rings. The van der Waals surface area contributed by atoms with Crippen LogP contribution in [0.1, 0.15) is 30.0 Å². The zero-order valence-electron chi connectivity index (χ0n) is 15.9. The van der Waals surface area contributed by atoms with Crippen molar-refractivity contribution < 1.29 is 4.74 Å². The third kappa shape index (κ3) is 5.60. The van der Waals surface area contributed by atoms with E-state index in [4.69, 9.17) is 4.74 Å². The van der Waals surface area contributed by atoms with Crippen LogP contribution in [-0.4, -0.2) is 48.9 Å². The molecule has 0 spiro atoms. The smallest absolute Gasteiger partial charge is 0.119 e. The number of ether oxygens (including phenoxy) is 1. The second-order valence-corrected chi connectivity index (χ2v) is 6.88. The van der Waals surface area contributed by atoms with Gasteiger partial charge in [-0.3, -0.25) is 9.91 Å². The Morgan fingerprint density at radius 3 is 2.31 bits per heavy atom. The Balaban J connectivity index is 1.44. The SMILES string of the molecule is CCCOc1ccc(/C=N\N2CCN(Cc3ccc(C)cc3)CC2)cc1. The zero-order valence-corrected chi connectivity index (χ0v) is 15.9. The molecule has 0 saturated carbocycles. The van der Waals surface area contributed by atoms with Crippen LogP contribution in [0, 0.1) is 6.92 Å². The van der Waals surface area contributed by atoms with Crippen molar-refractivity contribution in [1.29, 1.82) is 0 Å². The average Bonchev–Trinajstić information content (AvgIpc) is 2.68. The number of hydrazone groups is 1. The van der Waals surface area contributed by atoms with Crippen LogP contribution in [0.2, 0.25) is 0 Å². The van der Waals surface area contributed by atoms with Crippen molar-refractivity contribution in [3.63, 3.8) is 0 Å². The van der Waals surface area contributed by atoms with Gasteiger partial charge in [0.25, 0.3) is 0 Å². The van der Waals surface area contributed by atoms with Gasteiger partial charge in [-0.15, -0.1) is 0 Å². The van der Waals surface area contributed by atoms with Gasteiger partial charge < -0.3 is 4.74 Å². The minimum absolute atomic E-state index is 0.764. The maximum Gasteiger partial charge on any atom is 0.119 e. The predicted octanol–water partition coefficient (Wildman–Crippen LogP) is 3.94.